The normalized spacial score (nSPS) is 10.9. The maximum absolute atomic E-state index is 12.3. The van der Waals surface area contributed by atoms with Crippen LogP contribution in [-0.2, 0) is 11.3 Å². The maximum Gasteiger partial charge on any atom is 0.267 e. The van der Waals surface area contributed by atoms with Crippen molar-refractivity contribution in [3.8, 4) is 0 Å². The van der Waals surface area contributed by atoms with Gasteiger partial charge in [0.05, 0.1) is 6.61 Å². The Bertz CT molecular complexity index is 590. The van der Waals surface area contributed by atoms with Crippen LogP contribution in [0.25, 0.3) is 0 Å². The smallest absolute Gasteiger partial charge is 0.267 e. The van der Waals surface area contributed by atoms with E-state index in [-0.39, 0.29) is 5.91 Å². The lowest BCUT2D eigenvalue weighted by molar-refractivity contribution is 0.0897. The number of rotatable bonds is 9. The molecule has 2 rings (SSSR count). The first-order chi connectivity index (χ1) is 11.2. The fourth-order valence-corrected chi connectivity index (χ4v) is 2.29. The van der Waals surface area contributed by atoms with Gasteiger partial charge in [-0.25, -0.2) is 0 Å². The summed E-state index contributed by atoms with van der Waals surface area (Å²) in [6.45, 7) is 6.88. The highest BCUT2D eigenvalue weighted by Gasteiger charge is 2.10. The molecule has 4 heteroatoms. The second-order valence-electron chi connectivity index (χ2n) is 6.06. The van der Waals surface area contributed by atoms with E-state index in [1.54, 1.807) is 0 Å². The molecule has 1 aromatic heterocycles. The Morgan fingerprint density at radius 2 is 1.91 bits per heavy atom. The zero-order chi connectivity index (χ0) is 16.5. The first kappa shape index (κ1) is 17.3. The summed E-state index contributed by atoms with van der Waals surface area (Å²) in [6, 6.07) is 13.9. The predicted octanol–water partition coefficient (Wildman–Crippen LogP) is 3.33. The van der Waals surface area contributed by atoms with Crippen LogP contribution < -0.4 is 5.32 Å². The van der Waals surface area contributed by atoms with Crippen LogP contribution in [0, 0.1) is 5.92 Å². The molecule has 4 nitrogen and oxygen atoms in total. The average Bonchev–Trinajstić information content (AvgIpc) is 2.99. The summed E-state index contributed by atoms with van der Waals surface area (Å²) in [5.74, 6) is 0.587. The van der Waals surface area contributed by atoms with Gasteiger partial charge in [-0.2, -0.15) is 0 Å². The minimum absolute atomic E-state index is 0.0570. The van der Waals surface area contributed by atoms with Gasteiger partial charge in [0.1, 0.15) is 5.69 Å². The number of nitrogens with one attached hydrogen (secondary N) is 1. The van der Waals surface area contributed by atoms with E-state index >= 15 is 0 Å². The molecule has 0 fully saturated rings. The zero-order valence-electron chi connectivity index (χ0n) is 14.0. The number of hydrogen-bond donors (Lipinski definition) is 1. The minimum Gasteiger partial charge on any atom is -0.380 e. The Balaban J connectivity index is 1.78. The van der Waals surface area contributed by atoms with Gasteiger partial charge in [0.2, 0.25) is 0 Å². The largest absolute Gasteiger partial charge is 0.380 e. The van der Waals surface area contributed by atoms with E-state index in [4.69, 9.17) is 4.74 Å². The van der Waals surface area contributed by atoms with Crippen LogP contribution in [-0.4, -0.2) is 30.2 Å². The molecule has 0 saturated carbocycles. The van der Waals surface area contributed by atoms with E-state index in [0.29, 0.717) is 31.3 Å². The predicted molar refractivity (Wildman–Crippen MR) is 92.6 cm³/mol. The number of nitrogens with zero attached hydrogens (tertiary/aromatic N) is 1. The molecule has 124 valence electrons. The summed E-state index contributed by atoms with van der Waals surface area (Å²) in [6.07, 6.45) is 2.98. The molecular weight excluding hydrogens is 288 g/mol. The summed E-state index contributed by atoms with van der Waals surface area (Å²) >= 11 is 0. The van der Waals surface area contributed by atoms with Crippen molar-refractivity contribution in [1.82, 2.24) is 9.88 Å². The quantitative estimate of drug-likeness (QED) is 0.722. The Kier molecular flexibility index (Phi) is 6.88. The highest BCUT2D eigenvalue weighted by molar-refractivity contribution is 5.92. The summed E-state index contributed by atoms with van der Waals surface area (Å²) < 4.78 is 7.48. The summed E-state index contributed by atoms with van der Waals surface area (Å²) in [5, 5.41) is 2.91. The van der Waals surface area contributed by atoms with Gasteiger partial charge in [0.15, 0.2) is 0 Å². The van der Waals surface area contributed by atoms with Crippen LogP contribution in [0.3, 0.4) is 0 Å². The lowest BCUT2D eigenvalue weighted by Gasteiger charge is -2.10. The Hall–Kier alpha value is -2.07. The van der Waals surface area contributed by atoms with Gasteiger partial charge in [-0.05, 0) is 30.0 Å². The fraction of sp³-hybridized carbons (Fsp3) is 0.421. The zero-order valence-corrected chi connectivity index (χ0v) is 14.0. The molecule has 0 atom stereocenters. The van der Waals surface area contributed by atoms with Gasteiger partial charge in [-0.3, -0.25) is 4.79 Å². The van der Waals surface area contributed by atoms with Crippen LogP contribution in [0.2, 0.25) is 0 Å². The third-order valence-electron chi connectivity index (χ3n) is 3.63. The molecule has 23 heavy (non-hydrogen) atoms. The van der Waals surface area contributed by atoms with E-state index in [0.717, 1.165) is 13.0 Å². The molecule has 0 bridgehead atoms. The minimum atomic E-state index is -0.0570. The van der Waals surface area contributed by atoms with Crippen molar-refractivity contribution in [2.45, 2.75) is 26.8 Å². The molecule has 0 aliphatic heterocycles. The highest BCUT2D eigenvalue weighted by Crippen LogP contribution is 2.08. The molecule has 0 radical (unpaired) electrons. The highest BCUT2D eigenvalue weighted by atomic mass is 16.5. The van der Waals surface area contributed by atoms with Crippen molar-refractivity contribution in [3.63, 3.8) is 0 Å². The molecule has 0 aliphatic carbocycles. The van der Waals surface area contributed by atoms with E-state index in [9.17, 15) is 4.79 Å². The van der Waals surface area contributed by atoms with Crippen molar-refractivity contribution in [2.75, 3.05) is 19.8 Å². The summed E-state index contributed by atoms with van der Waals surface area (Å²) in [7, 11) is 0. The lowest BCUT2D eigenvalue weighted by Crippen LogP contribution is -2.29. The molecular formula is C19H26N2O2. The Morgan fingerprint density at radius 1 is 1.13 bits per heavy atom. The number of hydrogen-bond acceptors (Lipinski definition) is 2. The summed E-state index contributed by atoms with van der Waals surface area (Å²) in [5.41, 5.74) is 1.85. The molecule has 2 aromatic rings. The first-order valence-electron chi connectivity index (χ1n) is 8.22. The van der Waals surface area contributed by atoms with Crippen LogP contribution in [0.1, 0.15) is 36.3 Å². The van der Waals surface area contributed by atoms with Gasteiger partial charge in [-0.15, -0.1) is 0 Å². The molecule has 1 heterocycles. The molecule has 1 N–H and O–H groups in total. The fourth-order valence-electron chi connectivity index (χ4n) is 2.29. The molecule has 0 spiro atoms. The van der Waals surface area contributed by atoms with Crippen molar-refractivity contribution < 1.29 is 9.53 Å². The second-order valence-corrected chi connectivity index (χ2v) is 6.06. The van der Waals surface area contributed by atoms with Gasteiger partial charge >= 0.3 is 0 Å². The van der Waals surface area contributed by atoms with Gasteiger partial charge in [0.25, 0.3) is 5.91 Å². The van der Waals surface area contributed by atoms with Gasteiger partial charge in [0, 0.05) is 25.9 Å². The molecule has 0 aliphatic rings. The number of aromatic nitrogens is 1. The van der Waals surface area contributed by atoms with E-state index < -0.39 is 0 Å². The molecule has 0 saturated heterocycles. The van der Waals surface area contributed by atoms with E-state index in [1.807, 2.05) is 41.1 Å². The number of carbonyl (C=O) groups excluding carboxylic acids is 1. The lowest BCUT2D eigenvalue weighted by atomic mass is 10.1. The van der Waals surface area contributed by atoms with Crippen LogP contribution in [0.15, 0.2) is 48.7 Å². The summed E-state index contributed by atoms with van der Waals surface area (Å²) in [4.78, 5) is 12.3. The van der Waals surface area contributed by atoms with Gasteiger partial charge < -0.3 is 14.6 Å². The van der Waals surface area contributed by atoms with E-state index in [2.05, 4.69) is 31.3 Å². The number of carbonyl (C=O) groups is 1. The van der Waals surface area contributed by atoms with Crippen molar-refractivity contribution in [2.24, 2.45) is 5.92 Å². The Labute approximate surface area is 138 Å². The second kappa shape index (κ2) is 9.16. The van der Waals surface area contributed by atoms with Crippen molar-refractivity contribution in [3.05, 3.63) is 59.9 Å². The maximum atomic E-state index is 12.3. The van der Waals surface area contributed by atoms with Gasteiger partial charge in [-0.1, -0.05) is 44.2 Å². The molecule has 1 aromatic carbocycles. The Morgan fingerprint density at radius 3 is 2.65 bits per heavy atom. The van der Waals surface area contributed by atoms with Crippen LogP contribution >= 0.6 is 0 Å². The van der Waals surface area contributed by atoms with E-state index in [1.165, 1.54) is 5.56 Å². The number of ether oxygens (including phenoxy) is 1. The third kappa shape index (κ3) is 5.91. The monoisotopic (exact) mass is 314 g/mol. The standard InChI is InChI=1S/C19H26N2O2/c1-16(2)10-13-23-14-11-20-19(22)18-9-6-12-21(18)15-17-7-4-3-5-8-17/h3-9,12,16H,10-11,13-15H2,1-2H3,(H,20,22). The van der Waals surface area contributed by atoms with Crippen molar-refractivity contribution >= 4 is 5.91 Å². The molecule has 0 unspecified atom stereocenters. The topological polar surface area (TPSA) is 43.3 Å². The SMILES string of the molecule is CC(C)CCOCCNC(=O)c1cccn1Cc1ccccc1. The number of benzene rings is 1. The molecule has 1 amide bonds. The average molecular weight is 314 g/mol. The first-order valence-corrected chi connectivity index (χ1v) is 8.22. The third-order valence-corrected chi connectivity index (χ3v) is 3.63. The van der Waals surface area contributed by atoms with Crippen LogP contribution in [0.5, 0.6) is 0 Å². The van der Waals surface area contributed by atoms with Crippen LogP contribution in [0.4, 0.5) is 0 Å². The number of amides is 1. The van der Waals surface area contributed by atoms with Crippen molar-refractivity contribution in [1.29, 1.82) is 0 Å².